The maximum Gasteiger partial charge on any atom is 0.329 e. The molecule has 0 radical (unpaired) electrons. The first kappa shape index (κ1) is 19.1. The van der Waals surface area contributed by atoms with E-state index in [-0.39, 0.29) is 5.56 Å². The molecule has 3 rings (SSSR count). The number of benzene rings is 1. The van der Waals surface area contributed by atoms with Gasteiger partial charge in [-0.1, -0.05) is 13.0 Å². The van der Waals surface area contributed by atoms with Crippen LogP contribution in [0.25, 0.3) is 21.3 Å². The molecule has 27 heavy (non-hydrogen) atoms. The molecule has 0 aliphatic carbocycles. The number of methoxy groups -OCH3 is 1. The molecule has 142 valence electrons. The largest absolute Gasteiger partial charge is 0.496 e. The van der Waals surface area contributed by atoms with Crippen molar-refractivity contribution in [2.24, 2.45) is 0 Å². The van der Waals surface area contributed by atoms with Crippen LogP contribution in [0.4, 0.5) is 0 Å². The van der Waals surface area contributed by atoms with Crippen molar-refractivity contribution in [1.29, 1.82) is 0 Å². The molecule has 0 bridgehead atoms. The van der Waals surface area contributed by atoms with Crippen molar-refractivity contribution in [3.8, 4) is 16.9 Å². The number of aliphatic carboxylic acids is 1. The molecular formula is C20H22N2O4S. The Morgan fingerprint density at radius 1 is 1.37 bits per heavy atom. The number of aromatic nitrogens is 2. The maximum atomic E-state index is 13.4. The third-order valence-electron chi connectivity index (χ3n) is 4.78. The quantitative estimate of drug-likeness (QED) is 0.721. The van der Waals surface area contributed by atoms with Crippen molar-refractivity contribution in [3.05, 3.63) is 45.3 Å². The summed E-state index contributed by atoms with van der Waals surface area (Å²) in [6, 6.07) is 5.72. The Kier molecular flexibility index (Phi) is 4.82. The number of carboxylic acid groups (broad SMARTS) is 1. The lowest BCUT2D eigenvalue weighted by Gasteiger charge is -2.25. The first-order valence-electron chi connectivity index (χ1n) is 8.64. The second-order valence-corrected chi connectivity index (χ2v) is 7.76. The summed E-state index contributed by atoms with van der Waals surface area (Å²) in [5.41, 5.74) is 0.879. The molecule has 2 heterocycles. The van der Waals surface area contributed by atoms with Gasteiger partial charge in [-0.3, -0.25) is 9.36 Å². The molecule has 0 atom stereocenters. The highest BCUT2D eigenvalue weighted by molar-refractivity contribution is 7.17. The van der Waals surface area contributed by atoms with E-state index in [4.69, 9.17) is 4.74 Å². The van der Waals surface area contributed by atoms with Gasteiger partial charge in [0.1, 0.15) is 21.9 Å². The van der Waals surface area contributed by atoms with E-state index in [2.05, 4.69) is 4.98 Å². The molecule has 0 spiro atoms. The molecule has 7 heteroatoms. The first-order valence-corrected chi connectivity index (χ1v) is 9.52. The maximum absolute atomic E-state index is 13.4. The molecule has 0 fully saturated rings. The molecule has 6 nitrogen and oxygen atoms in total. The number of nitrogens with zero attached hydrogens (tertiary/aromatic N) is 2. The van der Waals surface area contributed by atoms with Crippen molar-refractivity contribution in [2.45, 2.75) is 39.7 Å². The second-order valence-electron chi connectivity index (χ2n) is 6.90. The van der Waals surface area contributed by atoms with E-state index < -0.39 is 11.5 Å². The van der Waals surface area contributed by atoms with E-state index in [1.807, 2.05) is 37.4 Å². The van der Waals surface area contributed by atoms with Crippen molar-refractivity contribution >= 4 is 27.5 Å². The third-order valence-corrected chi connectivity index (χ3v) is 5.65. The summed E-state index contributed by atoms with van der Waals surface area (Å²) in [6.07, 6.45) is 0.469. The molecule has 2 aromatic heterocycles. The van der Waals surface area contributed by atoms with Gasteiger partial charge in [0.15, 0.2) is 0 Å². The summed E-state index contributed by atoms with van der Waals surface area (Å²) in [6.45, 7) is 6.85. The molecule has 0 saturated heterocycles. The fourth-order valence-electron chi connectivity index (χ4n) is 3.20. The predicted molar refractivity (Wildman–Crippen MR) is 107 cm³/mol. The molecular weight excluding hydrogens is 364 g/mol. The van der Waals surface area contributed by atoms with Crippen molar-refractivity contribution in [2.75, 3.05) is 7.11 Å². The SMILES string of the molecule is CCc1nc2scc(-c3ccc(OC)c(C)c3)c2c(=O)n1C(C)(C)C(=O)O. The smallest absolute Gasteiger partial charge is 0.329 e. The molecule has 0 aliphatic heterocycles. The Bertz CT molecular complexity index is 1100. The normalized spacial score (nSPS) is 11.7. The minimum absolute atomic E-state index is 0.325. The van der Waals surface area contributed by atoms with Gasteiger partial charge in [0.25, 0.3) is 5.56 Å². The zero-order chi connectivity index (χ0) is 19.9. The lowest BCUT2D eigenvalue weighted by atomic mass is 10.0. The van der Waals surface area contributed by atoms with Crippen molar-refractivity contribution in [3.63, 3.8) is 0 Å². The van der Waals surface area contributed by atoms with Crippen molar-refractivity contribution in [1.82, 2.24) is 9.55 Å². The lowest BCUT2D eigenvalue weighted by molar-refractivity contribution is -0.146. The highest BCUT2D eigenvalue weighted by Crippen LogP contribution is 2.34. The Morgan fingerprint density at radius 2 is 2.07 bits per heavy atom. The van der Waals surface area contributed by atoms with Crippen LogP contribution in [0.3, 0.4) is 0 Å². The van der Waals surface area contributed by atoms with Gasteiger partial charge in [-0.25, -0.2) is 9.78 Å². The average Bonchev–Trinajstić information content (AvgIpc) is 3.05. The number of carbonyl (C=O) groups is 1. The number of ether oxygens (including phenoxy) is 1. The summed E-state index contributed by atoms with van der Waals surface area (Å²) in [5, 5.41) is 12.0. The number of fused-ring (bicyclic) bond motifs is 1. The van der Waals surface area contributed by atoms with Crippen LogP contribution in [-0.2, 0) is 16.8 Å². The van der Waals surface area contributed by atoms with E-state index in [9.17, 15) is 14.7 Å². The van der Waals surface area contributed by atoms with Gasteiger partial charge in [0.2, 0.25) is 0 Å². The number of hydrogen-bond acceptors (Lipinski definition) is 5. The predicted octanol–water partition coefficient (Wildman–Crippen LogP) is 3.82. The van der Waals surface area contributed by atoms with Crippen LogP contribution in [0.2, 0.25) is 0 Å². The Hall–Kier alpha value is -2.67. The zero-order valence-corrected chi connectivity index (χ0v) is 16.8. The van der Waals surface area contributed by atoms with Gasteiger partial charge in [-0.05, 0) is 44.0 Å². The molecule has 0 amide bonds. The standard InChI is InChI=1S/C20H22N2O4S/c1-6-15-21-17-16(18(23)22(15)20(3,4)19(24)25)13(10-27-17)12-7-8-14(26-5)11(2)9-12/h7-10H,6H2,1-5H3,(H,24,25). The van der Waals surface area contributed by atoms with Gasteiger partial charge in [-0.2, -0.15) is 0 Å². The number of hydrogen-bond donors (Lipinski definition) is 1. The third kappa shape index (κ3) is 3.02. The van der Waals surface area contributed by atoms with Crippen LogP contribution < -0.4 is 10.3 Å². The zero-order valence-electron chi connectivity index (χ0n) is 16.0. The van der Waals surface area contributed by atoms with Crippen LogP contribution in [-0.4, -0.2) is 27.7 Å². The van der Waals surface area contributed by atoms with E-state index in [1.54, 1.807) is 7.11 Å². The molecule has 1 aromatic carbocycles. The van der Waals surface area contributed by atoms with Gasteiger partial charge >= 0.3 is 5.97 Å². The minimum atomic E-state index is -1.39. The molecule has 3 aromatic rings. The topological polar surface area (TPSA) is 81.4 Å². The van der Waals surface area contributed by atoms with Gasteiger partial charge in [-0.15, -0.1) is 11.3 Å². The van der Waals surface area contributed by atoms with Crippen molar-refractivity contribution < 1.29 is 14.6 Å². The van der Waals surface area contributed by atoms with Gasteiger partial charge in [0.05, 0.1) is 12.5 Å². The molecule has 0 unspecified atom stereocenters. The van der Waals surface area contributed by atoms with Crippen LogP contribution in [0.5, 0.6) is 5.75 Å². The van der Waals surface area contributed by atoms with Crippen LogP contribution in [0, 0.1) is 6.92 Å². The number of rotatable bonds is 5. The number of aryl methyl sites for hydroxylation is 2. The van der Waals surface area contributed by atoms with E-state index >= 15 is 0 Å². The lowest BCUT2D eigenvalue weighted by Crippen LogP contribution is -2.44. The van der Waals surface area contributed by atoms with E-state index in [0.717, 1.165) is 22.4 Å². The fourth-order valence-corrected chi connectivity index (χ4v) is 4.16. The highest BCUT2D eigenvalue weighted by Gasteiger charge is 2.34. The Morgan fingerprint density at radius 3 is 2.63 bits per heavy atom. The van der Waals surface area contributed by atoms with E-state index in [0.29, 0.717) is 22.5 Å². The number of carboxylic acids is 1. The second kappa shape index (κ2) is 6.81. The monoisotopic (exact) mass is 386 g/mol. The van der Waals surface area contributed by atoms with Gasteiger partial charge in [0, 0.05) is 17.4 Å². The summed E-state index contributed by atoms with van der Waals surface area (Å²) in [4.78, 5) is 30.4. The van der Waals surface area contributed by atoms with Crippen LogP contribution in [0.15, 0.2) is 28.4 Å². The minimum Gasteiger partial charge on any atom is -0.496 e. The Balaban J connectivity index is 2.34. The van der Waals surface area contributed by atoms with E-state index in [1.165, 1.54) is 29.8 Å². The fraction of sp³-hybridized carbons (Fsp3) is 0.350. The summed E-state index contributed by atoms with van der Waals surface area (Å²) in [7, 11) is 1.62. The summed E-state index contributed by atoms with van der Waals surface area (Å²) >= 11 is 1.39. The summed E-state index contributed by atoms with van der Waals surface area (Å²) in [5.74, 6) is 0.172. The Labute approximate surface area is 161 Å². The number of thiophene rings is 1. The molecule has 0 aliphatic rings. The van der Waals surface area contributed by atoms with Crippen LogP contribution >= 0.6 is 11.3 Å². The van der Waals surface area contributed by atoms with Crippen LogP contribution in [0.1, 0.15) is 32.2 Å². The summed E-state index contributed by atoms with van der Waals surface area (Å²) < 4.78 is 6.62. The highest BCUT2D eigenvalue weighted by atomic mass is 32.1. The molecule has 1 N–H and O–H groups in total. The molecule has 0 saturated carbocycles. The first-order chi connectivity index (χ1) is 12.7. The average molecular weight is 386 g/mol. The van der Waals surface area contributed by atoms with Gasteiger partial charge < -0.3 is 9.84 Å².